The van der Waals surface area contributed by atoms with Crippen molar-refractivity contribution in [2.45, 2.75) is 6.92 Å². The fourth-order valence-corrected chi connectivity index (χ4v) is 1.21. The Morgan fingerprint density at radius 2 is 2.17 bits per heavy atom. The molecule has 0 saturated heterocycles. The van der Waals surface area contributed by atoms with Crippen LogP contribution in [0.4, 0.5) is 0 Å². The number of ether oxygens (including phenoxy) is 1. The summed E-state index contributed by atoms with van der Waals surface area (Å²) in [7, 11) is 1.55. The van der Waals surface area contributed by atoms with Gasteiger partial charge in [-0.05, 0) is 25.1 Å². The zero-order valence-electron chi connectivity index (χ0n) is 6.93. The van der Waals surface area contributed by atoms with E-state index in [0.717, 1.165) is 0 Å². The number of rotatable bonds is 2. The van der Waals surface area contributed by atoms with Crippen LogP contribution in [-0.2, 0) is 0 Å². The van der Waals surface area contributed by atoms with Gasteiger partial charge in [0.05, 0.1) is 12.1 Å². The maximum absolute atomic E-state index is 10.9. The third kappa shape index (κ3) is 1.77. The van der Waals surface area contributed by atoms with Crippen LogP contribution in [0.1, 0.15) is 17.3 Å². The minimum atomic E-state index is -0.0392. The Hall–Kier alpha value is -1.02. The van der Waals surface area contributed by atoms with E-state index in [9.17, 15) is 4.79 Å². The average molecular weight is 185 g/mol. The molecule has 1 aromatic rings. The molecule has 1 aromatic carbocycles. The fourth-order valence-electron chi connectivity index (χ4n) is 0.908. The number of hydrogen-bond donors (Lipinski definition) is 0. The Morgan fingerprint density at radius 1 is 1.50 bits per heavy atom. The van der Waals surface area contributed by atoms with Gasteiger partial charge in [-0.3, -0.25) is 4.79 Å². The largest absolute Gasteiger partial charge is 0.497 e. The van der Waals surface area contributed by atoms with Crippen LogP contribution in [0.5, 0.6) is 5.75 Å². The van der Waals surface area contributed by atoms with Crippen molar-refractivity contribution < 1.29 is 9.53 Å². The number of Topliss-reactive ketones (excluding diaryl/α,β-unsaturated/α-hetero) is 1. The molecule has 64 valence electrons. The zero-order valence-corrected chi connectivity index (χ0v) is 7.68. The molecule has 2 nitrogen and oxygen atoms in total. The van der Waals surface area contributed by atoms with E-state index in [4.69, 9.17) is 16.3 Å². The van der Waals surface area contributed by atoms with Gasteiger partial charge in [0, 0.05) is 5.56 Å². The second kappa shape index (κ2) is 3.59. The molecular weight excluding hydrogens is 176 g/mol. The topological polar surface area (TPSA) is 26.3 Å². The molecule has 0 aliphatic heterocycles. The molecule has 0 aromatic heterocycles. The minimum absolute atomic E-state index is 0.0392. The Kier molecular flexibility index (Phi) is 2.71. The number of carbonyl (C=O) groups excluding carboxylic acids is 1. The van der Waals surface area contributed by atoms with Crippen molar-refractivity contribution in [1.29, 1.82) is 0 Å². The van der Waals surface area contributed by atoms with Gasteiger partial charge in [0.1, 0.15) is 5.75 Å². The van der Waals surface area contributed by atoms with E-state index < -0.39 is 0 Å². The minimum Gasteiger partial charge on any atom is -0.497 e. The third-order valence-corrected chi connectivity index (χ3v) is 1.87. The molecule has 3 heteroatoms. The molecule has 1 rings (SSSR count). The first kappa shape index (κ1) is 9.07. The summed E-state index contributed by atoms with van der Waals surface area (Å²) in [4.78, 5) is 10.9. The summed E-state index contributed by atoms with van der Waals surface area (Å²) < 4.78 is 4.93. The highest BCUT2D eigenvalue weighted by Gasteiger charge is 2.05. The van der Waals surface area contributed by atoms with Crippen molar-refractivity contribution >= 4 is 17.4 Å². The molecule has 0 unspecified atom stereocenters. The molecule has 0 aliphatic carbocycles. The van der Waals surface area contributed by atoms with Gasteiger partial charge >= 0.3 is 0 Å². The van der Waals surface area contributed by atoms with Crippen LogP contribution in [0.3, 0.4) is 0 Å². The second-order valence-corrected chi connectivity index (χ2v) is 2.81. The predicted molar refractivity (Wildman–Crippen MR) is 48.0 cm³/mol. The normalized spacial score (nSPS) is 9.58. The SMILES string of the molecule is COc1ccc(C(C)=O)c(Cl)c1. The molecule has 0 radical (unpaired) electrons. The summed E-state index contributed by atoms with van der Waals surface area (Å²) in [6.45, 7) is 1.48. The van der Waals surface area contributed by atoms with Crippen LogP contribution in [-0.4, -0.2) is 12.9 Å². The zero-order chi connectivity index (χ0) is 9.14. The monoisotopic (exact) mass is 184 g/mol. The van der Waals surface area contributed by atoms with Crippen LogP contribution in [0.15, 0.2) is 18.2 Å². The molecule has 0 amide bonds. The Morgan fingerprint density at radius 3 is 2.58 bits per heavy atom. The quantitative estimate of drug-likeness (QED) is 0.661. The lowest BCUT2D eigenvalue weighted by atomic mass is 10.1. The van der Waals surface area contributed by atoms with Crippen molar-refractivity contribution in [2.24, 2.45) is 0 Å². The van der Waals surface area contributed by atoms with Crippen LogP contribution in [0.25, 0.3) is 0 Å². The molecule has 0 saturated carbocycles. The number of halogens is 1. The first-order valence-corrected chi connectivity index (χ1v) is 3.87. The molecule has 0 spiro atoms. The number of methoxy groups -OCH3 is 1. The molecule has 0 aliphatic rings. The van der Waals surface area contributed by atoms with Crippen molar-refractivity contribution in [1.82, 2.24) is 0 Å². The van der Waals surface area contributed by atoms with Gasteiger partial charge < -0.3 is 4.74 Å². The van der Waals surface area contributed by atoms with E-state index in [1.807, 2.05) is 0 Å². The molecule has 0 fully saturated rings. The fraction of sp³-hybridized carbons (Fsp3) is 0.222. The van der Waals surface area contributed by atoms with Gasteiger partial charge in [0.25, 0.3) is 0 Å². The number of hydrogen-bond acceptors (Lipinski definition) is 2. The Balaban J connectivity index is 3.12. The lowest BCUT2D eigenvalue weighted by Gasteiger charge is -2.02. The maximum Gasteiger partial charge on any atom is 0.161 e. The molecule has 0 bridgehead atoms. The van der Waals surface area contributed by atoms with Gasteiger partial charge in [0.2, 0.25) is 0 Å². The highest BCUT2D eigenvalue weighted by molar-refractivity contribution is 6.34. The summed E-state index contributed by atoms with van der Waals surface area (Å²) in [5.74, 6) is 0.618. The summed E-state index contributed by atoms with van der Waals surface area (Å²) in [6.07, 6.45) is 0. The highest BCUT2D eigenvalue weighted by Crippen LogP contribution is 2.22. The molecule has 0 heterocycles. The molecule has 12 heavy (non-hydrogen) atoms. The van der Waals surface area contributed by atoms with Crippen LogP contribution < -0.4 is 4.74 Å². The smallest absolute Gasteiger partial charge is 0.161 e. The lowest BCUT2D eigenvalue weighted by Crippen LogP contribution is -1.93. The van der Waals surface area contributed by atoms with E-state index in [2.05, 4.69) is 0 Å². The predicted octanol–water partition coefficient (Wildman–Crippen LogP) is 2.55. The van der Waals surface area contributed by atoms with Gasteiger partial charge in [-0.15, -0.1) is 0 Å². The van der Waals surface area contributed by atoms with Gasteiger partial charge in [-0.1, -0.05) is 11.6 Å². The van der Waals surface area contributed by atoms with E-state index in [1.165, 1.54) is 6.92 Å². The van der Waals surface area contributed by atoms with Gasteiger partial charge in [0.15, 0.2) is 5.78 Å². The standard InChI is InChI=1S/C9H9ClO2/c1-6(11)8-4-3-7(12-2)5-9(8)10/h3-5H,1-2H3. The van der Waals surface area contributed by atoms with Crippen molar-refractivity contribution in [3.8, 4) is 5.75 Å². The van der Waals surface area contributed by atoms with Crippen LogP contribution >= 0.6 is 11.6 Å². The van der Waals surface area contributed by atoms with Crippen LogP contribution in [0, 0.1) is 0 Å². The number of carbonyl (C=O) groups is 1. The molecule has 0 N–H and O–H groups in total. The Bertz CT molecular complexity index is 307. The van der Waals surface area contributed by atoms with Crippen LogP contribution in [0.2, 0.25) is 5.02 Å². The molecule has 0 atom stereocenters. The Labute approximate surface area is 76.1 Å². The van der Waals surface area contributed by atoms with Crippen molar-refractivity contribution in [3.05, 3.63) is 28.8 Å². The highest BCUT2D eigenvalue weighted by atomic mass is 35.5. The first-order valence-electron chi connectivity index (χ1n) is 3.49. The van der Waals surface area contributed by atoms with Crippen molar-refractivity contribution in [2.75, 3.05) is 7.11 Å². The molecular formula is C9H9ClO2. The van der Waals surface area contributed by atoms with Crippen molar-refractivity contribution in [3.63, 3.8) is 0 Å². The number of benzene rings is 1. The first-order chi connectivity index (χ1) is 5.65. The average Bonchev–Trinajstić information content (AvgIpc) is 2.03. The second-order valence-electron chi connectivity index (χ2n) is 2.40. The van der Waals surface area contributed by atoms with E-state index in [0.29, 0.717) is 16.3 Å². The van der Waals surface area contributed by atoms with E-state index >= 15 is 0 Å². The van der Waals surface area contributed by atoms with Gasteiger partial charge in [-0.2, -0.15) is 0 Å². The third-order valence-electron chi connectivity index (χ3n) is 1.56. The van der Waals surface area contributed by atoms with Gasteiger partial charge in [-0.25, -0.2) is 0 Å². The van der Waals surface area contributed by atoms with E-state index in [-0.39, 0.29) is 5.78 Å². The van der Waals surface area contributed by atoms with E-state index in [1.54, 1.807) is 25.3 Å². The summed E-state index contributed by atoms with van der Waals surface area (Å²) in [6, 6.07) is 4.99. The number of ketones is 1. The maximum atomic E-state index is 10.9. The summed E-state index contributed by atoms with van der Waals surface area (Å²) >= 11 is 5.80. The summed E-state index contributed by atoms with van der Waals surface area (Å²) in [5.41, 5.74) is 0.525. The lowest BCUT2D eigenvalue weighted by molar-refractivity contribution is 0.101. The summed E-state index contributed by atoms with van der Waals surface area (Å²) in [5, 5.41) is 0.432.